The van der Waals surface area contributed by atoms with Gasteiger partial charge in [0.1, 0.15) is 10.00 Å². The first-order chi connectivity index (χ1) is 9.62. The first-order valence-electron chi connectivity index (χ1n) is 5.94. The third-order valence-electron chi connectivity index (χ3n) is 3.24. The van der Waals surface area contributed by atoms with Gasteiger partial charge in [0.2, 0.25) is 5.01 Å². The van der Waals surface area contributed by atoms with E-state index in [0.29, 0.717) is 16.9 Å². The van der Waals surface area contributed by atoms with Gasteiger partial charge in [-0.15, -0.1) is 10.2 Å². The maximum Gasteiger partial charge on any atom is 0.445 e. The van der Waals surface area contributed by atoms with Crippen LogP contribution in [0.1, 0.15) is 27.3 Å². The summed E-state index contributed by atoms with van der Waals surface area (Å²) >= 11 is 5.52. The zero-order chi connectivity index (χ0) is 15.9. The Morgan fingerprint density at radius 2 is 1.81 bits per heavy atom. The largest absolute Gasteiger partial charge is 0.445 e. The first kappa shape index (κ1) is 15.8. The second-order valence-corrected chi connectivity index (χ2v) is 6.06. The molecule has 0 aliphatic heterocycles. The molecule has 112 valence electrons. The van der Waals surface area contributed by atoms with Gasteiger partial charge in [-0.1, -0.05) is 23.6 Å². The monoisotopic (exact) mass is 331 g/mol. The minimum absolute atomic E-state index is 0.245. The Kier molecular flexibility index (Phi) is 4.03. The van der Waals surface area contributed by atoms with Crippen molar-refractivity contribution in [2.45, 2.75) is 26.9 Å². The molecule has 0 bridgehead atoms. The summed E-state index contributed by atoms with van der Waals surface area (Å²) in [6.07, 6.45) is -4.48. The third kappa shape index (κ3) is 2.91. The highest BCUT2D eigenvalue weighted by atomic mass is 32.1. The minimum atomic E-state index is -4.48. The molecule has 0 saturated carbocycles. The van der Waals surface area contributed by atoms with Crippen molar-refractivity contribution in [1.82, 2.24) is 10.2 Å². The molecule has 0 radical (unpaired) electrons. The number of hydrogen-bond donors (Lipinski definition) is 1. The smallest absolute Gasteiger partial charge is 0.389 e. The molecule has 0 atom stereocenters. The van der Waals surface area contributed by atoms with E-state index in [1.807, 2.05) is 13.8 Å². The molecule has 0 spiro atoms. The third-order valence-corrected chi connectivity index (χ3v) is 4.45. The van der Waals surface area contributed by atoms with Crippen LogP contribution in [0.2, 0.25) is 0 Å². The molecular weight excluding hydrogens is 319 g/mol. The molecule has 8 heteroatoms. The Morgan fingerprint density at radius 3 is 2.29 bits per heavy atom. The molecule has 0 aliphatic rings. The van der Waals surface area contributed by atoms with Gasteiger partial charge >= 0.3 is 6.18 Å². The number of benzene rings is 1. The summed E-state index contributed by atoms with van der Waals surface area (Å²) in [7, 11) is 0. The second-order valence-electron chi connectivity index (χ2n) is 4.64. The van der Waals surface area contributed by atoms with E-state index in [1.165, 1.54) is 0 Å². The van der Waals surface area contributed by atoms with Gasteiger partial charge in [0.05, 0.1) is 0 Å². The predicted molar refractivity (Wildman–Crippen MR) is 80.4 cm³/mol. The average Bonchev–Trinajstić information content (AvgIpc) is 2.82. The molecule has 0 amide bonds. The quantitative estimate of drug-likeness (QED) is 0.851. The maximum atomic E-state index is 12.6. The minimum Gasteiger partial charge on any atom is -0.389 e. The number of thiocarbonyl (C=S) groups is 1. The summed E-state index contributed by atoms with van der Waals surface area (Å²) in [5, 5.41) is 6.19. The first-order valence-corrected chi connectivity index (χ1v) is 7.17. The van der Waals surface area contributed by atoms with Crippen LogP contribution in [-0.2, 0) is 6.18 Å². The van der Waals surface area contributed by atoms with Gasteiger partial charge in [-0.2, -0.15) is 13.2 Å². The van der Waals surface area contributed by atoms with E-state index in [2.05, 4.69) is 10.2 Å². The van der Waals surface area contributed by atoms with E-state index >= 15 is 0 Å². The summed E-state index contributed by atoms with van der Waals surface area (Å²) in [6.45, 7) is 5.44. The lowest BCUT2D eigenvalue weighted by molar-refractivity contribution is -0.138. The molecule has 3 nitrogen and oxygen atoms in total. The summed E-state index contributed by atoms with van der Waals surface area (Å²) in [5.41, 5.74) is 9.46. The van der Waals surface area contributed by atoms with Crippen molar-refractivity contribution in [1.29, 1.82) is 0 Å². The number of aromatic nitrogens is 2. The summed E-state index contributed by atoms with van der Waals surface area (Å²) in [6, 6.07) is 1.77. The van der Waals surface area contributed by atoms with Crippen LogP contribution in [0.4, 0.5) is 13.2 Å². The van der Waals surface area contributed by atoms with Crippen LogP contribution in [0.3, 0.4) is 0 Å². The normalized spacial score (nSPS) is 11.7. The molecule has 1 aromatic carbocycles. The number of aryl methyl sites for hydroxylation is 1. The molecule has 2 aromatic rings. The van der Waals surface area contributed by atoms with Crippen molar-refractivity contribution in [3.05, 3.63) is 33.3 Å². The van der Waals surface area contributed by atoms with E-state index in [4.69, 9.17) is 18.0 Å². The van der Waals surface area contributed by atoms with E-state index in [0.717, 1.165) is 22.3 Å². The molecule has 1 aromatic heterocycles. The summed E-state index contributed by atoms with van der Waals surface area (Å²) in [4.78, 5) is 0.262. The van der Waals surface area contributed by atoms with Gasteiger partial charge in [-0.05, 0) is 43.5 Å². The van der Waals surface area contributed by atoms with Crippen molar-refractivity contribution < 1.29 is 13.2 Å². The highest BCUT2D eigenvalue weighted by molar-refractivity contribution is 7.80. The zero-order valence-corrected chi connectivity index (χ0v) is 13.1. The van der Waals surface area contributed by atoms with Gasteiger partial charge in [0.25, 0.3) is 0 Å². The standard InChI is InChI=1S/C13H12F3N3S2/c1-5-4-8(10(17)20)6(2)7(3)9(5)11-18-19-12(21-11)13(14,15)16/h4H,1-3H3,(H2,17,20). The van der Waals surface area contributed by atoms with Crippen LogP contribution in [0.25, 0.3) is 10.6 Å². The number of nitrogens with two attached hydrogens (primary N) is 1. The molecule has 0 unspecified atom stereocenters. The number of nitrogens with zero attached hydrogens (tertiary/aromatic N) is 2. The lowest BCUT2D eigenvalue weighted by Crippen LogP contribution is -2.13. The number of hydrogen-bond acceptors (Lipinski definition) is 4. The van der Waals surface area contributed by atoms with Crippen LogP contribution >= 0.6 is 23.6 Å². The summed E-state index contributed by atoms with van der Waals surface area (Å²) in [5.74, 6) is 0. The molecule has 0 saturated heterocycles. The lowest BCUT2D eigenvalue weighted by atomic mass is 9.94. The summed E-state index contributed by atoms with van der Waals surface area (Å²) < 4.78 is 37.9. The van der Waals surface area contributed by atoms with E-state index in [-0.39, 0.29) is 10.00 Å². The van der Waals surface area contributed by atoms with Crippen molar-refractivity contribution in [3.63, 3.8) is 0 Å². The Labute approximate surface area is 129 Å². The molecule has 1 heterocycles. The van der Waals surface area contributed by atoms with Gasteiger partial charge < -0.3 is 5.73 Å². The van der Waals surface area contributed by atoms with Gasteiger partial charge in [-0.25, -0.2) is 0 Å². The Bertz CT molecular complexity index is 720. The SMILES string of the molecule is Cc1cc(C(N)=S)c(C)c(C)c1-c1nnc(C(F)(F)F)s1. The number of halogens is 3. The highest BCUT2D eigenvalue weighted by Gasteiger charge is 2.36. The van der Waals surface area contributed by atoms with Crippen molar-refractivity contribution >= 4 is 28.5 Å². The van der Waals surface area contributed by atoms with E-state index in [9.17, 15) is 13.2 Å². The molecule has 0 aliphatic carbocycles. The van der Waals surface area contributed by atoms with Gasteiger partial charge in [0, 0.05) is 11.1 Å². The topological polar surface area (TPSA) is 51.8 Å². The molecule has 2 N–H and O–H groups in total. The van der Waals surface area contributed by atoms with Crippen molar-refractivity contribution in [2.75, 3.05) is 0 Å². The lowest BCUT2D eigenvalue weighted by Gasteiger charge is -2.14. The fourth-order valence-electron chi connectivity index (χ4n) is 2.11. The van der Waals surface area contributed by atoms with Crippen LogP contribution in [0.5, 0.6) is 0 Å². The molecule has 2 rings (SSSR count). The predicted octanol–water partition coefficient (Wildman–Crippen LogP) is 3.78. The highest BCUT2D eigenvalue weighted by Crippen LogP contribution is 2.38. The number of alkyl halides is 3. The molecular formula is C13H12F3N3S2. The van der Waals surface area contributed by atoms with Crippen LogP contribution in [0.15, 0.2) is 6.07 Å². The van der Waals surface area contributed by atoms with Crippen LogP contribution < -0.4 is 5.73 Å². The van der Waals surface area contributed by atoms with Crippen molar-refractivity contribution in [3.8, 4) is 10.6 Å². The second kappa shape index (κ2) is 5.34. The van der Waals surface area contributed by atoms with Gasteiger partial charge in [-0.3, -0.25) is 0 Å². The fourth-order valence-corrected chi connectivity index (χ4v) is 3.20. The van der Waals surface area contributed by atoms with Gasteiger partial charge in [0.15, 0.2) is 0 Å². The van der Waals surface area contributed by atoms with Crippen LogP contribution in [0, 0.1) is 20.8 Å². The van der Waals surface area contributed by atoms with E-state index in [1.54, 1.807) is 13.0 Å². The maximum absolute atomic E-state index is 12.6. The number of rotatable bonds is 2. The van der Waals surface area contributed by atoms with E-state index < -0.39 is 11.2 Å². The molecule has 21 heavy (non-hydrogen) atoms. The van der Waals surface area contributed by atoms with Crippen LogP contribution in [-0.4, -0.2) is 15.2 Å². The Balaban J connectivity index is 2.63. The average molecular weight is 331 g/mol. The fraction of sp³-hybridized carbons (Fsp3) is 0.308. The Hall–Kier alpha value is -1.54. The molecule has 0 fully saturated rings. The Morgan fingerprint density at radius 1 is 1.19 bits per heavy atom. The zero-order valence-electron chi connectivity index (χ0n) is 11.5. The van der Waals surface area contributed by atoms with Crippen molar-refractivity contribution in [2.24, 2.45) is 5.73 Å².